The van der Waals surface area contributed by atoms with Crippen molar-refractivity contribution in [1.29, 1.82) is 0 Å². The van der Waals surface area contributed by atoms with Crippen LogP contribution in [-0.4, -0.2) is 48.7 Å². The van der Waals surface area contributed by atoms with E-state index in [2.05, 4.69) is 51.5 Å². The molecule has 0 spiro atoms. The Kier molecular flexibility index (Phi) is 4.35. The van der Waals surface area contributed by atoms with Gasteiger partial charge in [-0.2, -0.15) is 10.2 Å². The van der Waals surface area contributed by atoms with E-state index in [1.54, 1.807) is 29.0 Å². The fraction of sp³-hybridized carbons (Fsp3) is 0.273. The van der Waals surface area contributed by atoms with Crippen LogP contribution in [0.15, 0.2) is 55.0 Å². The van der Waals surface area contributed by atoms with Crippen molar-refractivity contribution >= 4 is 11.6 Å². The van der Waals surface area contributed by atoms with Gasteiger partial charge in [0, 0.05) is 48.7 Å². The van der Waals surface area contributed by atoms with Crippen LogP contribution in [0.25, 0.3) is 16.8 Å². The Morgan fingerprint density at radius 3 is 2.93 bits per heavy atom. The lowest BCUT2D eigenvalue weighted by Crippen LogP contribution is -2.39. The number of likely N-dealkylation sites (tertiary alicyclic amines) is 1. The number of aromatic nitrogens is 5. The van der Waals surface area contributed by atoms with Crippen molar-refractivity contribution < 1.29 is 4.79 Å². The van der Waals surface area contributed by atoms with Crippen LogP contribution in [0, 0.1) is 6.92 Å². The molecule has 1 atom stereocenters. The van der Waals surface area contributed by atoms with E-state index in [9.17, 15) is 4.79 Å². The van der Waals surface area contributed by atoms with Crippen LogP contribution in [0.1, 0.15) is 40.5 Å². The van der Waals surface area contributed by atoms with Gasteiger partial charge < -0.3 is 4.90 Å². The predicted octanol–water partition coefficient (Wildman–Crippen LogP) is 3.45. The van der Waals surface area contributed by atoms with E-state index in [0.717, 1.165) is 36.2 Å². The monoisotopic (exact) mass is 386 g/mol. The van der Waals surface area contributed by atoms with Gasteiger partial charge in [-0.05, 0) is 31.4 Å². The third kappa shape index (κ3) is 3.29. The molecular formula is C22H22N6O. The first kappa shape index (κ1) is 17.6. The van der Waals surface area contributed by atoms with Gasteiger partial charge in [0.05, 0.1) is 6.20 Å². The van der Waals surface area contributed by atoms with Crippen LogP contribution in [0.5, 0.6) is 0 Å². The van der Waals surface area contributed by atoms with Crippen molar-refractivity contribution in [1.82, 2.24) is 29.7 Å². The Morgan fingerprint density at radius 1 is 1.24 bits per heavy atom. The van der Waals surface area contributed by atoms with Crippen LogP contribution in [0.3, 0.4) is 0 Å². The largest absolute Gasteiger partial charge is 0.337 e. The molecule has 3 aromatic heterocycles. The predicted molar refractivity (Wildman–Crippen MR) is 110 cm³/mol. The lowest BCUT2D eigenvalue weighted by atomic mass is 9.90. The second kappa shape index (κ2) is 7.16. The third-order valence-electron chi connectivity index (χ3n) is 5.60. The molecule has 1 aromatic carbocycles. The zero-order chi connectivity index (χ0) is 19.8. The van der Waals surface area contributed by atoms with E-state index < -0.39 is 0 Å². The van der Waals surface area contributed by atoms with E-state index in [-0.39, 0.29) is 11.8 Å². The average molecular weight is 386 g/mol. The first-order valence-electron chi connectivity index (χ1n) is 9.89. The summed E-state index contributed by atoms with van der Waals surface area (Å²) in [6, 6.07) is 12.0. The summed E-state index contributed by atoms with van der Waals surface area (Å²) in [5.41, 5.74) is 5.71. The number of rotatable bonds is 3. The number of fused-ring (bicyclic) bond motifs is 1. The quantitative estimate of drug-likeness (QED) is 0.585. The Labute approximate surface area is 168 Å². The highest BCUT2D eigenvalue weighted by molar-refractivity contribution is 5.93. The summed E-state index contributed by atoms with van der Waals surface area (Å²) in [7, 11) is 0. The number of H-pyrrole nitrogens is 1. The van der Waals surface area contributed by atoms with Crippen LogP contribution in [0.4, 0.5) is 0 Å². The zero-order valence-electron chi connectivity index (χ0n) is 16.2. The Bertz CT molecular complexity index is 1130. The molecule has 1 saturated heterocycles. The normalized spacial score (nSPS) is 17.0. The van der Waals surface area contributed by atoms with Crippen LogP contribution in [-0.2, 0) is 0 Å². The molecule has 0 saturated carbocycles. The number of aromatic amines is 1. The summed E-state index contributed by atoms with van der Waals surface area (Å²) >= 11 is 0. The lowest BCUT2D eigenvalue weighted by Gasteiger charge is -2.32. The number of carbonyl (C=O) groups excluding carboxylic acids is 1. The van der Waals surface area contributed by atoms with E-state index in [4.69, 9.17) is 0 Å². The Hall–Kier alpha value is -3.48. The van der Waals surface area contributed by atoms with E-state index in [0.29, 0.717) is 17.9 Å². The molecular weight excluding hydrogens is 364 g/mol. The van der Waals surface area contributed by atoms with Gasteiger partial charge in [0.25, 0.3) is 5.91 Å². The van der Waals surface area contributed by atoms with Crippen molar-refractivity contribution in [3.8, 4) is 11.1 Å². The number of nitrogens with zero attached hydrogens (tertiary/aromatic N) is 5. The number of benzene rings is 1. The fourth-order valence-electron chi connectivity index (χ4n) is 4.06. The van der Waals surface area contributed by atoms with Crippen LogP contribution >= 0.6 is 0 Å². The summed E-state index contributed by atoms with van der Waals surface area (Å²) < 4.78 is 1.64. The van der Waals surface area contributed by atoms with Gasteiger partial charge in [0.2, 0.25) is 0 Å². The Morgan fingerprint density at radius 2 is 2.10 bits per heavy atom. The molecule has 4 heterocycles. The SMILES string of the molecule is Cc1ccc(-c2cn[nH]c2[C@H]2CCCN(C(=O)c3cc4ncccn4n3)C2)cc1. The minimum Gasteiger partial charge on any atom is -0.337 e. The molecule has 1 amide bonds. The highest BCUT2D eigenvalue weighted by atomic mass is 16.2. The summed E-state index contributed by atoms with van der Waals surface area (Å²) in [4.78, 5) is 19.2. The molecule has 5 rings (SSSR count). The molecule has 7 heteroatoms. The van der Waals surface area contributed by atoms with Crippen LogP contribution < -0.4 is 0 Å². The van der Waals surface area contributed by atoms with Crippen molar-refractivity contribution in [2.24, 2.45) is 0 Å². The highest BCUT2D eigenvalue weighted by Gasteiger charge is 2.29. The summed E-state index contributed by atoms with van der Waals surface area (Å²) in [5.74, 6) is 0.179. The molecule has 1 aliphatic rings. The molecule has 0 unspecified atom stereocenters. The van der Waals surface area contributed by atoms with Crippen molar-refractivity contribution in [3.05, 3.63) is 71.9 Å². The summed E-state index contributed by atoms with van der Waals surface area (Å²) in [5, 5.41) is 11.9. The molecule has 4 aromatic rings. The Balaban J connectivity index is 1.39. The number of carbonyl (C=O) groups is 1. The maximum absolute atomic E-state index is 13.1. The molecule has 1 N–H and O–H groups in total. The number of aryl methyl sites for hydroxylation is 1. The first-order valence-corrected chi connectivity index (χ1v) is 9.89. The first-order chi connectivity index (χ1) is 14.2. The molecule has 7 nitrogen and oxygen atoms in total. The van der Waals surface area contributed by atoms with Gasteiger partial charge in [-0.1, -0.05) is 29.8 Å². The molecule has 0 radical (unpaired) electrons. The molecule has 1 aliphatic heterocycles. The van der Waals surface area contributed by atoms with Crippen molar-refractivity contribution in [2.45, 2.75) is 25.7 Å². The minimum absolute atomic E-state index is 0.0448. The smallest absolute Gasteiger partial charge is 0.274 e. The van der Waals surface area contributed by atoms with Gasteiger partial charge in [0.15, 0.2) is 11.3 Å². The topological polar surface area (TPSA) is 79.2 Å². The molecule has 1 fully saturated rings. The number of hydrogen-bond acceptors (Lipinski definition) is 4. The summed E-state index contributed by atoms with van der Waals surface area (Å²) in [6.07, 6.45) is 7.37. The van der Waals surface area contributed by atoms with Gasteiger partial charge in [-0.15, -0.1) is 0 Å². The van der Waals surface area contributed by atoms with E-state index >= 15 is 0 Å². The molecule has 0 bridgehead atoms. The molecule has 29 heavy (non-hydrogen) atoms. The van der Waals surface area contributed by atoms with Crippen LogP contribution in [0.2, 0.25) is 0 Å². The minimum atomic E-state index is -0.0448. The van der Waals surface area contributed by atoms with E-state index in [1.807, 2.05) is 11.1 Å². The second-order valence-corrected chi connectivity index (χ2v) is 7.61. The van der Waals surface area contributed by atoms with Crippen molar-refractivity contribution in [2.75, 3.05) is 13.1 Å². The van der Waals surface area contributed by atoms with E-state index in [1.165, 1.54) is 5.56 Å². The molecule has 0 aliphatic carbocycles. The summed E-state index contributed by atoms with van der Waals surface area (Å²) in [6.45, 7) is 3.48. The number of hydrogen-bond donors (Lipinski definition) is 1. The standard InChI is InChI=1S/C22H22N6O/c1-15-5-7-16(8-6-15)18-13-24-25-21(18)17-4-2-10-27(14-17)22(29)19-12-20-23-9-3-11-28(20)26-19/h3,5-9,11-13,17H,2,4,10,14H2,1H3,(H,24,25)/t17-/m0/s1. The van der Waals surface area contributed by atoms with Gasteiger partial charge in [0.1, 0.15) is 0 Å². The fourth-order valence-corrected chi connectivity index (χ4v) is 4.06. The lowest BCUT2D eigenvalue weighted by molar-refractivity contribution is 0.0699. The number of amides is 1. The second-order valence-electron chi connectivity index (χ2n) is 7.61. The van der Waals surface area contributed by atoms with Crippen molar-refractivity contribution in [3.63, 3.8) is 0 Å². The maximum Gasteiger partial charge on any atom is 0.274 e. The highest BCUT2D eigenvalue weighted by Crippen LogP contribution is 2.33. The van der Waals surface area contributed by atoms with Gasteiger partial charge in [-0.25, -0.2) is 9.50 Å². The van der Waals surface area contributed by atoms with Gasteiger partial charge >= 0.3 is 0 Å². The maximum atomic E-state index is 13.1. The average Bonchev–Trinajstić information content (AvgIpc) is 3.41. The molecule has 146 valence electrons. The number of piperidine rings is 1. The zero-order valence-corrected chi connectivity index (χ0v) is 16.2. The number of nitrogens with one attached hydrogen (secondary N) is 1. The third-order valence-corrected chi connectivity index (χ3v) is 5.60. The van der Waals surface area contributed by atoms with Gasteiger partial charge in [-0.3, -0.25) is 9.89 Å².